The highest BCUT2D eigenvalue weighted by molar-refractivity contribution is 6.05. The number of piperazine rings is 1. The molecular formula is C20H22N4. The maximum absolute atomic E-state index is 4.95. The zero-order chi connectivity index (χ0) is 16.4. The van der Waals surface area contributed by atoms with Gasteiger partial charge in [-0.25, -0.2) is 4.99 Å². The molecular weight excluding hydrogens is 296 g/mol. The predicted octanol–water partition coefficient (Wildman–Crippen LogP) is 3.43. The lowest BCUT2D eigenvalue weighted by Gasteiger charge is -2.33. The van der Waals surface area contributed by atoms with Gasteiger partial charge in [0.1, 0.15) is 5.84 Å². The second-order valence-corrected chi connectivity index (χ2v) is 6.33. The Bertz CT molecular complexity index is 771. The summed E-state index contributed by atoms with van der Waals surface area (Å²) in [5, 5.41) is 3.56. The number of fused-ring (bicyclic) bond motifs is 1. The van der Waals surface area contributed by atoms with Crippen molar-refractivity contribution in [3.8, 4) is 0 Å². The largest absolute Gasteiger partial charge is 0.354 e. The lowest BCUT2D eigenvalue weighted by Crippen LogP contribution is -2.46. The number of hydrogen-bond acceptors (Lipinski definition) is 4. The van der Waals surface area contributed by atoms with Crippen molar-refractivity contribution in [2.45, 2.75) is 0 Å². The molecule has 0 radical (unpaired) electrons. The van der Waals surface area contributed by atoms with Crippen LogP contribution in [0.25, 0.3) is 5.70 Å². The molecule has 4 rings (SSSR count). The fourth-order valence-electron chi connectivity index (χ4n) is 3.11. The van der Waals surface area contributed by atoms with E-state index in [0.29, 0.717) is 0 Å². The number of aliphatic imine (C=N–C) groups is 1. The van der Waals surface area contributed by atoms with E-state index in [1.807, 2.05) is 18.2 Å². The van der Waals surface area contributed by atoms with Crippen molar-refractivity contribution in [2.75, 3.05) is 38.5 Å². The van der Waals surface area contributed by atoms with Crippen LogP contribution in [0.5, 0.6) is 0 Å². The zero-order valence-corrected chi connectivity index (χ0v) is 13.9. The smallest absolute Gasteiger partial charge is 0.131 e. The molecule has 0 aromatic heterocycles. The van der Waals surface area contributed by atoms with E-state index in [2.05, 4.69) is 64.6 Å². The van der Waals surface area contributed by atoms with Crippen molar-refractivity contribution in [1.82, 2.24) is 9.80 Å². The molecule has 2 heterocycles. The van der Waals surface area contributed by atoms with Crippen LogP contribution in [0, 0.1) is 0 Å². The first-order valence-corrected chi connectivity index (χ1v) is 8.45. The minimum atomic E-state index is 0.994. The Morgan fingerprint density at radius 1 is 0.875 bits per heavy atom. The topological polar surface area (TPSA) is 30.9 Å². The molecule has 0 spiro atoms. The Labute approximate surface area is 143 Å². The van der Waals surface area contributed by atoms with Gasteiger partial charge in [-0.15, -0.1) is 0 Å². The Kier molecular flexibility index (Phi) is 4.05. The number of benzene rings is 2. The molecule has 1 saturated heterocycles. The highest BCUT2D eigenvalue weighted by atomic mass is 15.3. The molecule has 0 saturated carbocycles. The normalized spacial score (nSPS) is 18.1. The quantitative estimate of drug-likeness (QED) is 0.874. The van der Waals surface area contributed by atoms with Gasteiger partial charge in [-0.1, -0.05) is 42.5 Å². The summed E-state index contributed by atoms with van der Waals surface area (Å²) >= 11 is 0. The summed E-state index contributed by atoms with van der Waals surface area (Å²) in [6.07, 6.45) is 2.18. The monoisotopic (exact) mass is 318 g/mol. The number of anilines is 1. The van der Waals surface area contributed by atoms with Crippen molar-refractivity contribution in [1.29, 1.82) is 0 Å². The molecule has 0 aliphatic carbocycles. The first-order chi connectivity index (χ1) is 11.8. The number of para-hydroxylation sites is 2. The lowest BCUT2D eigenvalue weighted by atomic mass is 10.1. The van der Waals surface area contributed by atoms with Gasteiger partial charge in [0.25, 0.3) is 0 Å². The molecule has 24 heavy (non-hydrogen) atoms. The SMILES string of the molecule is CN1CCN(C2=Nc3ccccc3NC(c3ccccc3)=C2)CC1. The van der Waals surface area contributed by atoms with Gasteiger partial charge in [-0.3, -0.25) is 0 Å². The molecule has 1 N–H and O–H groups in total. The standard InChI is InChI=1S/C20H22N4/c1-23-11-13-24(14-12-23)20-15-19(16-7-3-2-4-8-16)21-17-9-5-6-10-18(17)22-20/h2-10,15,21H,11-14H2,1H3. The van der Waals surface area contributed by atoms with E-state index >= 15 is 0 Å². The van der Waals surface area contributed by atoms with Gasteiger partial charge < -0.3 is 15.1 Å². The molecule has 0 atom stereocenters. The van der Waals surface area contributed by atoms with Gasteiger partial charge in [0.2, 0.25) is 0 Å². The van der Waals surface area contributed by atoms with Crippen LogP contribution in [0.15, 0.2) is 65.7 Å². The summed E-state index contributed by atoms with van der Waals surface area (Å²) in [5.41, 5.74) is 4.32. The fourth-order valence-corrected chi connectivity index (χ4v) is 3.11. The van der Waals surface area contributed by atoms with Gasteiger partial charge in [-0.05, 0) is 24.7 Å². The Morgan fingerprint density at radius 3 is 2.38 bits per heavy atom. The Balaban J connectivity index is 1.75. The van der Waals surface area contributed by atoms with Crippen LogP contribution in [0.1, 0.15) is 5.56 Å². The molecule has 4 nitrogen and oxygen atoms in total. The average molecular weight is 318 g/mol. The Morgan fingerprint density at radius 2 is 1.58 bits per heavy atom. The fraction of sp³-hybridized carbons (Fsp3) is 0.250. The maximum Gasteiger partial charge on any atom is 0.131 e. The van der Waals surface area contributed by atoms with Crippen LogP contribution in [0.4, 0.5) is 11.4 Å². The summed E-state index contributed by atoms with van der Waals surface area (Å²) < 4.78 is 0. The molecule has 0 bridgehead atoms. The van der Waals surface area contributed by atoms with Gasteiger partial charge >= 0.3 is 0 Å². The van der Waals surface area contributed by atoms with E-state index in [9.17, 15) is 0 Å². The van der Waals surface area contributed by atoms with Gasteiger partial charge in [-0.2, -0.15) is 0 Å². The highest BCUT2D eigenvalue weighted by Crippen LogP contribution is 2.31. The summed E-state index contributed by atoms with van der Waals surface area (Å²) in [7, 11) is 2.17. The number of rotatable bonds is 1. The second-order valence-electron chi connectivity index (χ2n) is 6.33. The van der Waals surface area contributed by atoms with Crippen molar-refractivity contribution < 1.29 is 0 Å². The van der Waals surface area contributed by atoms with Gasteiger partial charge in [0.15, 0.2) is 0 Å². The van der Waals surface area contributed by atoms with E-state index in [-0.39, 0.29) is 0 Å². The molecule has 0 amide bonds. The molecule has 2 aliphatic heterocycles. The number of nitrogens with zero attached hydrogens (tertiary/aromatic N) is 3. The lowest BCUT2D eigenvalue weighted by molar-refractivity contribution is 0.216. The number of amidine groups is 1. The summed E-state index contributed by atoms with van der Waals surface area (Å²) in [6, 6.07) is 18.7. The van der Waals surface area contributed by atoms with Crippen molar-refractivity contribution in [3.63, 3.8) is 0 Å². The van der Waals surface area contributed by atoms with Crippen LogP contribution in [-0.2, 0) is 0 Å². The van der Waals surface area contributed by atoms with Crippen molar-refractivity contribution in [3.05, 3.63) is 66.2 Å². The summed E-state index contributed by atoms with van der Waals surface area (Å²) in [6.45, 7) is 4.16. The van der Waals surface area contributed by atoms with E-state index in [1.54, 1.807) is 0 Å². The molecule has 2 aromatic carbocycles. The van der Waals surface area contributed by atoms with Crippen LogP contribution in [0.3, 0.4) is 0 Å². The van der Waals surface area contributed by atoms with Crippen molar-refractivity contribution >= 4 is 22.9 Å². The molecule has 1 fully saturated rings. The Hall–Kier alpha value is -2.59. The minimum Gasteiger partial charge on any atom is -0.354 e. The second kappa shape index (κ2) is 6.49. The van der Waals surface area contributed by atoms with Gasteiger partial charge in [0.05, 0.1) is 11.4 Å². The van der Waals surface area contributed by atoms with Crippen LogP contribution < -0.4 is 5.32 Å². The third-order valence-corrected chi connectivity index (χ3v) is 4.59. The first-order valence-electron chi connectivity index (χ1n) is 8.45. The zero-order valence-electron chi connectivity index (χ0n) is 13.9. The average Bonchev–Trinajstić information content (AvgIpc) is 2.83. The predicted molar refractivity (Wildman–Crippen MR) is 101 cm³/mol. The maximum atomic E-state index is 4.95. The van der Waals surface area contributed by atoms with Crippen molar-refractivity contribution in [2.24, 2.45) is 4.99 Å². The van der Waals surface area contributed by atoms with E-state index in [1.165, 1.54) is 5.56 Å². The third kappa shape index (κ3) is 3.05. The van der Waals surface area contributed by atoms with Gasteiger partial charge in [0, 0.05) is 38.0 Å². The number of likely N-dealkylation sites (N-methyl/N-ethyl adjacent to an activating group) is 1. The summed E-state index contributed by atoms with van der Waals surface area (Å²) in [4.78, 5) is 9.69. The van der Waals surface area contributed by atoms with E-state index in [0.717, 1.165) is 49.1 Å². The summed E-state index contributed by atoms with van der Waals surface area (Å²) in [5.74, 6) is 1.04. The van der Waals surface area contributed by atoms with Crippen LogP contribution in [-0.4, -0.2) is 48.9 Å². The minimum absolute atomic E-state index is 0.994. The first kappa shape index (κ1) is 15.0. The third-order valence-electron chi connectivity index (χ3n) is 4.59. The van der Waals surface area contributed by atoms with Crippen LogP contribution in [0.2, 0.25) is 0 Å². The molecule has 122 valence electrons. The number of nitrogens with one attached hydrogen (secondary N) is 1. The van der Waals surface area contributed by atoms with E-state index < -0.39 is 0 Å². The van der Waals surface area contributed by atoms with Crippen LogP contribution >= 0.6 is 0 Å². The molecule has 2 aliphatic rings. The highest BCUT2D eigenvalue weighted by Gasteiger charge is 2.20. The molecule has 4 heteroatoms. The number of hydrogen-bond donors (Lipinski definition) is 1. The molecule has 0 unspecified atom stereocenters. The van der Waals surface area contributed by atoms with E-state index in [4.69, 9.17) is 4.99 Å². The molecule has 2 aromatic rings.